The fourth-order valence-corrected chi connectivity index (χ4v) is 2.84. The summed E-state index contributed by atoms with van der Waals surface area (Å²) in [4.78, 5) is 21.6. The zero-order valence-corrected chi connectivity index (χ0v) is 11.6. The summed E-state index contributed by atoms with van der Waals surface area (Å²) < 4.78 is 0. The molecule has 1 aromatic carbocycles. The Kier molecular flexibility index (Phi) is 3.92. The van der Waals surface area contributed by atoms with E-state index in [1.165, 1.54) is 0 Å². The molecule has 0 unspecified atom stereocenters. The molecular formula is C16H17N3O2. The maximum Gasteiger partial charge on any atom is 0.335 e. The predicted octanol–water partition coefficient (Wildman–Crippen LogP) is 2.51. The highest BCUT2D eigenvalue weighted by Crippen LogP contribution is 2.31. The quantitative estimate of drug-likeness (QED) is 0.934. The number of likely N-dealkylation sites (tertiary alicyclic amines) is 1. The van der Waals surface area contributed by atoms with Gasteiger partial charge in [0.2, 0.25) is 0 Å². The molecule has 2 heterocycles. The summed E-state index contributed by atoms with van der Waals surface area (Å²) in [5.41, 5.74) is 2.51. The summed E-state index contributed by atoms with van der Waals surface area (Å²) in [5.74, 6) is -0.887. The molecule has 5 nitrogen and oxygen atoms in total. The minimum atomic E-state index is -0.887. The average molecular weight is 283 g/mol. The van der Waals surface area contributed by atoms with Crippen LogP contribution in [0.4, 0.5) is 0 Å². The fourth-order valence-electron chi connectivity index (χ4n) is 2.84. The van der Waals surface area contributed by atoms with Crippen LogP contribution in [0.3, 0.4) is 0 Å². The van der Waals surface area contributed by atoms with Crippen LogP contribution < -0.4 is 0 Å². The van der Waals surface area contributed by atoms with E-state index in [-0.39, 0.29) is 0 Å². The molecular weight excluding hydrogens is 266 g/mol. The highest BCUT2D eigenvalue weighted by molar-refractivity contribution is 5.87. The van der Waals surface area contributed by atoms with Gasteiger partial charge >= 0.3 is 5.97 Å². The number of carbonyl (C=O) groups is 1. The van der Waals surface area contributed by atoms with E-state index in [1.54, 1.807) is 24.7 Å². The Morgan fingerprint density at radius 2 is 2.10 bits per heavy atom. The zero-order chi connectivity index (χ0) is 14.7. The monoisotopic (exact) mass is 283 g/mol. The second-order valence-corrected chi connectivity index (χ2v) is 5.26. The van der Waals surface area contributed by atoms with Crippen LogP contribution in [0.5, 0.6) is 0 Å². The summed E-state index contributed by atoms with van der Waals surface area (Å²) in [5, 5.41) is 8.93. The predicted molar refractivity (Wildman–Crippen MR) is 77.8 cm³/mol. The Bertz CT molecular complexity index is 613. The van der Waals surface area contributed by atoms with Crippen LogP contribution in [-0.4, -0.2) is 32.5 Å². The molecule has 2 aromatic rings. The van der Waals surface area contributed by atoms with Crippen LogP contribution in [0.2, 0.25) is 0 Å². The van der Waals surface area contributed by atoms with Gasteiger partial charge in [-0.3, -0.25) is 4.90 Å². The van der Waals surface area contributed by atoms with Gasteiger partial charge in [0, 0.05) is 12.7 Å². The fraction of sp³-hybridized carbons (Fsp3) is 0.312. The van der Waals surface area contributed by atoms with Crippen LogP contribution in [0.25, 0.3) is 0 Å². The summed E-state index contributed by atoms with van der Waals surface area (Å²) >= 11 is 0. The Balaban J connectivity index is 1.73. The van der Waals surface area contributed by atoms with Gasteiger partial charge in [0.05, 0.1) is 17.3 Å². The van der Waals surface area contributed by atoms with Crippen molar-refractivity contribution in [3.05, 3.63) is 59.7 Å². The number of rotatable bonds is 4. The van der Waals surface area contributed by atoms with E-state index >= 15 is 0 Å². The molecule has 0 amide bonds. The van der Waals surface area contributed by atoms with Gasteiger partial charge < -0.3 is 5.11 Å². The van der Waals surface area contributed by atoms with Crippen LogP contribution in [0, 0.1) is 0 Å². The van der Waals surface area contributed by atoms with Crippen LogP contribution >= 0.6 is 0 Å². The molecule has 3 rings (SSSR count). The van der Waals surface area contributed by atoms with Gasteiger partial charge in [0.1, 0.15) is 6.33 Å². The van der Waals surface area contributed by atoms with E-state index in [4.69, 9.17) is 5.11 Å². The Morgan fingerprint density at radius 3 is 2.76 bits per heavy atom. The first-order valence-corrected chi connectivity index (χ1v) is 7.06. The van der Waals surface area contributed by atoms with Crippen LogP contribution in [0.1, 0.15) is 40.5 Å². The molecule has 1 aliphatic heterocycles. The first-order valence-electron chi connectivity index (χ1n) is 7.06. The number of carboxylic acid groups (broad SMARTS) is 1. The SMILES string of the molecule is O=C(O)c1ccc(CN2CCC[C@H]2c2ccncn2)cc1. The lowest BCUT2D eigenvalue weighted by Gasteiger charge is -2.23. The topological polar surface area (TPSA) is 66.3 Å². The molecule has 0 saturated carbocycles. The normalized spacial score (nSPS) is 18.8. The van der Waals surface area contributed by atoms with Crippen molar-refractivity contribution in [3.63, 3.8) is 0 Å². The largest absolute Gasteiger partial charge is 0.478 e. The van der Waals surface area contributed by atoms with Gasteiger partial charge in [-0.2, -0.15) is 0 Å². The molecule has 1 aromatic heterocycles. The number of aromatic carboxylic acids is 1. The first kappa shape index (κ1) is 13.7. The number of nitrogens with zero attached hydrogens (tertiary/aromatic N) is 3. The van der Waals surface area contributed by atoms with Crippen molar-refractivity contribution >= 4 is 5.97 Å². The molecule has 1 fully saturated rings. The van der Waals surface area contributed by atoms with Crippen molar-refractivity contribution in [2.75, 3.05) is 6.54 Å². The lowest BCUT2D eigenvalue weighted by atomic mass is 10.1. The van der Waals surface area contributed by atoms with E-state index in [0.717, 1.165) is 37.2 Å². The lowest BCUT2D eigenvalue weighted by molar-refractivity contribution is 0.0697. The second-order valence-electron chi connectivity index (χ2n) is 5.26. The van der Waals surface area contributed by atoms with Gasteiger partial charge in [-0.05, 0) is 43.1 Å². The van der Waals surface area contributed by atoms with Gasteiger partial charge in [0.15, 0.2) is 0 Å². The molecule has 1 saturated heterocycles. The van der Waals surface area contributed by atoms with E-state index in [0.29, 0.717) is 11.6 Å². The highest BCUT2D eigenvalue weighted by Gasteiger charge is 2.26. The molecule has 1 atom stereocenters. The third kappa shape index (κ3) is 3.08. The summed E-state index contributed by atoms with van der Waals surface area (Å²) in [6.45, 7) is 1.85. The number of carboxylic acids is 1. The van der Waals surface area contributed by atoms with Crippen molar-refractivity contribution in [2.24, 2.45) is 0 Å². The van der Waals surface area contributed by atoms with E-state index in [2.05, 4.69) is 14.9 Å². The summed E-state index contributed by atoms with van der Waals surface area (Å²) in [7, 11) is 0. The van der Waals surface area contributed by atoms with E-state index < -0.39 is 5.97 Å². The molecule has 5 heteroatoms. The Hall–Kier alpha value is -2.27. The van der Waals surface area contributed by atoms with Crippen LogP contribution in [0.15, 0.2) is 42.9 Å². The second kappa shape index (κ2) is 6.01. The zero-order valence-electron chi connectivity index (χ0n) is 11.6. The van der Waals surface area contributed by atoms with Crippen LogP contribution in [-0.2, 0) is 6.54 Å². The van der Waals surface area contributed by atoms with Gasteiger partial charge in [-0.1, -0.05) is 12.1 Å². The average Bonchev–Trinajstić information content (AvgIpc) is 2.97. The van der Waals surface area contributed by atoms with Gasteiger partial charge in [-0.25, -0.2) is 14.8 Å². The van der Waals surface area contributed by atoms with E-state index in [1.807, 2.05) is 18.2 Å². The van der Waals surface area contributed by atoms with Crippen molar-refractivity contribution in [2.45, 2.75) is 25.4 Å². The van der Waals surface area contributed by atoms with Gasteiger partial charge in [-0.15, -0.1) is 0 Å². The third-order valence-electron chi connectivity index (χ3n) is 3.90. The highest BCUT2D eigenvalue weighted by atomic mass is 16.4. The number of benzene rings is 1. The van der Waals surface area contributed by atoms with E-state index in [9.17, 15) is 4.79 Å². The molecule has 0 bridgehead atoms. The van der Waals surface area contributed by atoms with Crippen molar-refractivity contribution < 1.29 is 9.90 Å². The minimum Gasteiger partial charge on any atom is -0.478 e. The Morgan fingerprint density at radius 1 is 1.29 bits per heavy atom. The maximum absolute atomic E-state index is 10.9. The maximum atomic E-state index is 10.9. The number of aromatic nitrogens is 2. The standard InChI is InChI=1S/C16H17N3O2/c20-16(21)13-5-3-12(4-6-13)10-19-9-1-2-15(19)14-7-8-17-11-18-14/h3-8,11,15H,1-2,9-10H2,(H,20,21)/t15-/m0/s1. The molecule has 0 spiro atoms. The van der Waals surface area contributed by atoms with Crippen molar-refractivity contribution in [1.82, 2.24) is 14.9 Å². The molecule has 1 aliphatic rings. The Labute approximate surface area is 123 Å². The number of hydrogen-bond donors (Lipinski definition) is 1. The molecule has 0 radical (unpaired) electrons. The summed E-state index contributed by atoms with van der Waals surface area (Å²) in [6.07, 6.45) is 5.63. The molecule has 0 aliphatic carbocycles. The molecule has 21 heavy (non-hydrogen) atoms. The third-order valence-corrected chi connectivity index (χ3v) is 3.90. The molecule has 1 N–H and O–H groups in total. The first-order chi connectivity index (χ1) is 10.2. The number of hydrogen-bond acceptors (Lipinski definition) is 4. The van der Waals surface area contributed by atoms with Crippen molar-refractivity contribution in [1.29, 1.82) is 0 Å². The van der Waals surface area contributed by atoms with Gasteiger partial charge in [0.25, 0.3) is 0 Å². The smallest absolute Gasteiger partial charge is 0.335 e. The lowest BCUT2D eigenvalue weighted by Crippen LogP contribution is -2.23. The summed E-state index contributed by atoms with van der Waals surface area (Å²) in [6, 6.07) is 9.39. The minimum absolute atomic E-state index is 0.326. The van der Waals surface area contributed by atoms with Crippen molar-refractivity contribution in [3.8, 4) is 0 Å². The molecule has 108 valence electrons.